The van der Waals surface area contributed by atoms with E-state index in [2.05, 4.69) is 37.6 Å². The largest absolute Gasteiger partial charge is 0.312 e. The molecule has 0 saturated carbocycles. The molecule has 0 aliphatic carbocycles. The van der Waals surface area contributed by atoms with Crippen molar-refractivity contribution in [3.8, 4) is 0 Å². The van der Waals surface area contributed by atoms with Crippen LogP contribution >= 0.6 is 0 Å². The molecule has 0 aromatic heterocycles. The Morgan fingerprint density at radius 1 is 1.21 bits per heavy atom. The maximum absolute atomic E-state index is 3.97. The second-order valence-electron chi connectivity index (χ2n) is 3.71. The van der Waals surface area contributed by atoms with Crippen LogP contribution in [0.5, 0.6) is 0 Å². The minimum Gasteiger partial charge on any atom is -0.312 e. The highest BCUT2D eigenvalue weighted by molar-refractivity contribution is 4.94. The Bertz CT molecular complexity index is 143. The van der Waals surface area contributed by atoms with Crippen LogP contribution in [-0.4, -0.2) is 37.6 Å². The van der Waals surface area contributed by atoms with E-state index in [0.717, 1.165) is 32.6 Å². The third kappa shape index (κ3) is 7.10. The Kier molecular flexibility index (Phi) is 9.00. The quantitative estimate of drug-likeness (QED) is 0.452. The fourth-order valence-corrected chi connectivity index (χ4v) is 1.37. The molecule has 0 fully saturated rings. The van der Waals surface area contributed by atoms with E-state index in [-0.39, 0.29) is 0 Å². The number of likely N-dealkylation sites (N-methyl/N-ethyl adjacent to an activating group) is 1. The van der Waals surface area contributed by atoms with Crippen molar-refractivity contribution in [1.82, 2.24) is 10.2 Å². The molecule has 0 atom stereocenters. The lowest BCUT2D eigenvalue weighted by Gasteiger charge is -2.19. The Hall–Kier alpha value is -0.340. The van der Waals surface area contributed by atoms with Gasteiger partial charge < -0.3 is 10.2 Å². The molecule has 0 aromatic rings. The maximum atomic E-state index is 3.97. The third-order valence-corrected chi connectivity index (χ3v) is 2.47. The number of nitrogens with zero attached hydrogens (tertiary/aromatic N) is 1. The molecule has 0 aliphatic rings. The van der Waals surface area contributed by atoms with Gasteiger partial charge in [-0.05, 0) is 25.9 Å². The van der Waals surface area contributed by atoms with Gasteiger partial charge in [-0.2, -0.15) is 0 Å². The molecule has 0 aromatic carbocycles. The van der Waals surface area contributed by atoms with Gasteiger partial charge in [0.25, 0.3) is 0 Å². The summed E-state index contributed by atoms with van der Waals surface area (Å²) in [5.41, 5.74) is 1.29. The number of hydrogen-bond acceptors (Lipinski definition) is 2. The van der Waals surface area contributed by atoms with Crippen LogP contribution in [0.3, 0.4) is 0 Å². The standard InChI is InChI=1S/C12H26N2/c1-5-9-14(7-3)10-8-13-11-12(4)6-2/h13H,4-11H2,1-3H3. The van der Waals surface area contributed by atoms with Crippen LogP contribution in [0.2, 0.25) is 0 Å². The molecule has 1 N–H and O–H groups in total. The fourth-order valence-electron chi connectivity index (χ4n) is 1.37. The predicted molar refractivity (Wildman–Crippen MR) is 64.7 cm³/mol. The van der Waals surface area contributed by atoms with E-state index in [0.29, 0.717) is 0 Å². The van der Waals surface area contributed by atoms with Gasteiger partial charge in [-0.1, -0.05) is 32.9 Å². The second-order valence-corrected chi connectivity index (χ2v) is 3.71. The zero-order chi connectivity index (χ0) is 10.8. The van der Waals surface area contributed by atoms with Crippen LogP contribution < -0.4 is 5.32 Å². The molecule has 0 unspecified atom stereocenters. The topological polar surface area (TPSA) is 15.3 Å². The Morgan fingerprint density at radius 2 is 1.93 bits per heavy atom. The molecule has 0 rings (SSSR count). The van der Waals surface area contributed by atoms with Crippen molar-refractivity contribution in [2.24, 2.45) is 0 Å². The van der Waals surface area contributed by atoms with Gasteiger partial charge in [-0.25, -0.2) is 0 Å². The average molecular weight is 198 g/mol. The summed E-state index contributed by atoms with van der Waals surface area (Å²) in [6.07, 6.45) is 2.33. The van der Waals surface area contributed by atoms with Gasteiger partial charge >= 0.3 is 0 Å². The van der Waals surface area contributed by atoms with Gasteiger partial charge in [-0.3, -0.25) is 0 Å². The van der Waals surface area contributed by atoms with E-state index in [1.165, 1.54) is 18.5 Å². The first kappa shape index (κ1) is 13.7. The minimum absolute atomic E-state index is 0.972. The summed E-state index contributed by atoms with van der Waals surface area (Å²) in [4.78, 5) is 2.47. The lowest BCUT2D eigenvalue weighted by atomic mass is 10.2. The first-order chi connectivity index (χ1) is 6.74. The normalized spacial score (nSPS) is 10.9. The summed E-state index contributed by atoms with van der Waals surface area (Å²) in [6.45, 7) is 16.2. The zero-order valence-corrected chi connectivity index (χ0v) is 10.1. The summed E-state index contributed by atoms with van der Waals surface area (Å²) < 4.78 is 0. The fraction of sp³-hybridized carbons (Fsp3) is 0.833. The highest BCUT2D eigenvalue weighted by Crippen LogP contribution is 1.93. The summed E-state index contributed by atoms with van der Waals surface area (Å²) in [5, 5.41) is 3.42. The van der Waals surface area contributed by atoms with E-state index in [9.17, 15) is 0 Å². The highest BCUT2D eigenvalue weighted by atomic mass is 15.1. The molecule has 0 saturated heterocycles. The van der Waals surface area contributed by atoms with Crippen LogP contribution in [0.4, 0.5) is 0 Å². The van der Waals surface area contributed by atoms with Gasteiger partial charge in [0.05, 0.1) is 0 Å². The molecule has 0 spiro atoms. The van der Waals surface area contributed by atoms with E-state index in [1.54, 1.807) is 0 Å². The Morgan fingerprint density at radius 3 is 2.43 bits per heavy atom. The van der Waals surface area contributed by atoms with E-state index >= 15 is 0 Å². The van der Waals surface area contributed by atoms with Gasteiger partial charge in [0.2, 0.25) is 0 Å². The van der Waals surface area contributed by atoms with Crippen molar-refractivity contribution in [2.75, 3.05) is 32.7 Å². The summed E-state index contributed by atoms with van der Waals surface area (Å²) >= 11 is 0. The van der Waals surface area contributed by atoms with Crippen LogP contribution in [0.15, 0.2) is 12.2 Å². The minimum atomic E-state index is 0.972. The van der Waals surface area contributed by atoms with E-state index in [1.807, 2.05) is 0 Å². The average Bonchev–Trinajstić information content (AvgIpc) is 2.22. The zero-order valence-electron chi connectivity index (χ0n) is 10.1. The number of hydrogen-bond donors (Lipinski definition) is 1. The van der Waals surface area contributed by atoms with Crippen LogP contribution in [0.1, 0.15) is 33.6 Å². The second kappa shape index (κ2) is 9.22. The number of rotatable bonds is 9. The van der Waals surface area contributed by atoms with Crippen LogP contribution in [-0.2, 0) is 0 Å². The number of nitrogens with one attached hydrogen (secondary N) is 1. The molecular weight excluding hydrogens is 172 g/mol. The first-order valence-electron chi connectivity index (χ1n) is 5.84. The molecule has 84 valence electrons. The van der Waals surface area contributed by atoms with Crippen LogP contribution in [0, 0.1) is 0 Å². The summed E-state index contributed by atoms with van der Waals surface area (Å²) in [7, 11) is 0. The van der Waals surface area contributed by atoms with Crippen LogP contribution in [0.25, 0.3) is 0 Å². The SMILES string of the molecule is C=C(CC)CNCCN(CC)CCC. The first-order valence-corrected chi connectivity index (χ1v) is 5.84. The lowest BCUT2D eigenvalue weighted by molar-refractivity contribution is 0.289. The molecule has 2 heteroatoms. The monoisotopic (exact) mass is 198 g/mol. The van der Waals surface area contributed by atoms with Gasteiger partial charge in [0, 0.05) is 19.6 Å². The Balaban J connectivity index is 3.37. The van der Waals surface area contributed by atoms with E-state index < -0.39 is 0 Å². The Labute approximate surface area is 89.4 Å². The molecule has 2 nitrogen and oxygen atoms in total. The molecule has 0 aliphatic heterocycles. The molecule has 0 heterocycles. The third-order valence-electron chi connectivity index (χ3n) is 2.47. The molecule has 0 amide bonds. The maximum Gasteiger partial charge on any atom is 0.0162 e. The van der Waals surface area contributed by atoms with Gasteiger partial charge in [0.1, 0.15) is 0 Å². The van der Waals surface area contributed by atoms with Gasteiger partial charge in [0.15, 0.2) is 0 Å². The van der Waals surface area contributed by atoms with Crippen molar-refractivity contribution in [3.63, 3.8) is 0 Å². The molecule has 0 bridgehead atoms. The smallest absolute Gasteiger partial charge is 0.0162 e. The summed E-state index contributed by atoms with van der Waals surface area (Å²) in [5.74, 6) is 0. The van der Waals surface area contributed by atoms with Gasteiger partial charge in [-0.15, -0.1) is 0 Å². The molecular formula is C12H26N2. The predicted octanol–water partition coefficient (Wildman–Crippen LogP) is 2.27. The van der Waals surface area contributed by atoms with Crippen molar-refractivity contribution in [3.05, 3.63) is 12.2 Å². The van der Waals surface area contributed by atoms with Crippen molar-refractivity contribution >= 4 is 0 Å². The van der Waals surface area contributed by atoms with Crippen molar-refractivity contribution < 1.29 is 0 Å². The highest BCUT2D eigenvalue weighted by Gasteiger charge is 1.99. The van der Waals surface area contributed by atoms with Crippen molar-refractivity contribution in [2.45, 2.75) is 33.6 Å². The molecule has 0 radical (unpaired) electrons. The lowest BCUT2D eigenvalue weighted by Crippen LogP contribution is -2.33. The van der Waals surface area contributed by atoms with Crippen molar-refractivity contribution in [1.29, 1.82) is 0 Å². The summed E-state index contributed by atoms with van der Waals surface area (Å²) in [6, 6.07) is 0. The molecule has 14 heavy (non-hydrogen) atoms. The van der Waals surface area contributed by atoms with E-state index in [4.69, 9.17) is 0 Å².